The normalized spacial score (nSPS) is 10.7. The Kier molecular flexibility index (Phi) is 3.44. The van der Waals surface area contributed by atoms with Crippen LogP contribution in [0, 0.1) is 5.41 Å². The number of methoxy groups -OCH3 is 1. The summed E-state index contributed by atoms with van der Waals surface area (Å²) in [6.07, 6.45) is 2.84. The zero-order valence-electron chi connectivity index (χ0n) is 5.77. The molecule has 2 heteroatoms. The third-order valence-electron chi connectivity index (χ3n) is 1.02. The molecule has 0 aliphatic heterocycles. The molecular weight excluding hydrogens is 114 g/mol. The van der Waals surface area contributed by atoms with Gasteiger partial charge >= 0.3 is 0 Å². The Morgan fingerprint density at radius 3 is 2.56 bits per heavy atom. The van der Waals surface area contributed by atoms with E-state index in [0.717, 1.165) is 5.57 Å². The van der Waals surface area contributed by atoms with Crippen molar-refractivity contribution in [3.05, 3.63) is 24.0 Å². The lowest BCUT2D eigenvalue weighted by atomic mass is 10.2. The molecule has 0 spiro atoms. The van der Waals surface area contributed by atoms with Crippen molar-refractivity contribution in [1.29, 1.82) is 5.41 Å². The molecule has 1 N–H and O–H groups in total. The van der Waals surface area contributed by atoms with Gasteiger partial charge in [0.15, 0.2) is 0 Å². The Morgan fingerprint density at radius 1 is 1.67 bits per heavy atom. The zero-order valence-corrected chi connectivity index (χ0v) is 5.77. The third-order valence-corrected chi connectivity index (χ3v) is 1.02. The van der Waals surface area contributed by atoms with Crippen molar-refractivity contribution in [3.8, 4) is 0 Å². The number of ether oxygens (including phenoxy) is 1. The van der Waals surface area contributed by atoms with E-state index in [1.165, 1.54) is 6.21 Å². The number of rotatable bonds is 3. The highest BCUT2D eigenvalue weighted by Gasteiger charge is 1.90. The van der Waals surface area contributed by atoms with Gasteiger partial charge in [-0.3, -0.25) is 0 Å². The summed E-state index contributed by atoms with van der Waals surface area (Å²) >= 11 is 0. The van der Waals surface area contributed by atoms with Crippen molar-refractivity contribution in [1.82, 2.24) is 0 Å². The molecule has 0 aliphatic carbocycles. The van der Waals surface area contributed by atoms with Crippen LogP contribution in [0.2, 0.25) is 0 Å². The van der Waals surface area contributed by atoms with Crippen LogP contribution >= 0.6 is 0 Å². The van der Waals surface area contributed by atoms with E-state index in [0.29, 0.717) is 5.76 Å². The molecule has 0 aromatic carbocycles. The summed E-state index contributed by atoms with van der Waals surface area (Å²) in [7, 11) is 1.56. The van der Waals surface area contributed by atoms with E-state index in [9.17, 15) is 0 Å². The number of hydrogen-bond donors (Lipinski definition) is 1. The average molecular weight is 125 g/mol. The van der Waals surface area contributed by atoms with Gasteiger partial charge in [-0.1, -0.05) is 6.58 Å². The van der Waals surface area contributed by atoms with Gasteiger partial charge in [-0.2, -0.15) is 0 Å². The van der Waals surface area contributed by atoms with E-state index >= 15 is 0 Å². The molecule has 0 heterocycles. The lowest BCUT2D eigenvalue weighted by Gasteiger charge is -2.00. The largest absolute Gasteiger partial charge is 0.497 e. The second-order valence-corrected chi connectivity index (χ2v) is 1.64. The summed E-state index contributed by atoms with van der Waals surface area (Å²) in [6.45, 7) is 5.44. The molecule has 0 saturated carbocycles. The van der Waals surface area contributed by atoms with Crippen LogP contribution in [0.3, 0.4) is 0 Å². The van der Waals surface area contributed by atoms with Gasteiger partial charge in [0.25, 0.3) is 0 Å². The molecule has 0 rings (SSSR count). The van der Waals surface area contributed by atoms with Crippen LogP contribution in [-0.2, 0) is 4.74 Å². The van der Waals surface area contributed by atoms with Crippen molar-refractivity contribution in [2.45, 2.75) is 6.92 Å². The third kappa shape index (κ3) is 2.69. The van der Waals surface area contributed by atoms with Crippen molar-refractivity contribution in [3.63, 3.8) is 0 Å². The van der Waals surface area contributed by atoms with Gasteiger partial charge in [0.1, 0.15) is 5.76 Å². The monoisotopic (exact) mass is 125 g/mol. The maximum Gasteiger partial charge on any atom is 0.114 e. The average Bonchev–Trinajstić information content (AvgIpc) is 1.87. The van der Waals surface area contributed by atoms with E-state index in [2.05, 4.69) is 6.58 Å². The lowest BCUT2D eigenvalue weighted by Crippen LogP contribution is -1.85. The Bertz CT molecular complexity index is 147. The van der Waals surface area contributed by atoms with Gasteiger partial charge < -0.3 is 10.1 Å². The fraction of sp³-hybridized carbons (Fsp3) is 0.286. The minimum atomic E-state index is 0.610. The molecule has 9 heavy (non-hydrogen) atoms. The molecular formula is C7H11NO. The second-order valence-electron chi connectivity index (χ2n) is 1.64. The second kappa shape index (κ2) is 3.89. The van der Waals surface area contributed by atoms with Crippen LogP contribution in [0.5, 0.6) is 0 Å². The van der Waals surface area contributed by atoms with Crippen molar-refractivity contribution >= 4 is 6.21 Å². The van der Waals surface area contributed by atoms with Crippen molar-refractivity contribution < 1.29 is 4.74 Å². The van der Waals surface area contributed by atoms with Crippen molar-refractivity contribution in [2.75, 3.05) is 7.11 Å². The van der Waals surface area contributed by atoms with Gasteiger partial charge in [0.05, 0.1) is 7.11 Å². The van der Waals surface area contributed by atoms with E-state index in [1.54, 1.807) is 13.2 Å². The van der Waals surface area contributed by atoms with Gasteiger partial charge in [-0.15, -0.1) is 0 Å². The molecule has 0 bridgehead atoms. The quantitative estimate of drug-likeness (QED) is 0.348. The smallest absolute Gasteiger partial charge is 0.114 e. The molecule has 0 aromatic heterocycles. The van der Waals surface area contributed by atoms with Crippen LogP contribution in [0.1, 0.15) is 6.92 Å². The van der Waals surface area contributed by atoms with Crippen LogP contribution < -0.4 is 0 Å². The first-order chi connectivity index (χ1) is 4.22. The minimum absolute atomic E-state index is 0.610. The van der Waals surface area contributed by atoms with Gasteiger partial charge in [-0.25, -0.2) is 0 Å². The number of hydrogen-bond acceptors (Lipinski definition) is 2. The first kappa shape index (κ1) is 7.95. The van der Waals surface area contributed by atoms with Crippen LogP contribution in [-0.4, -0.2) is 13.3 Å². The topological polar surface area (TPSA) is 33.1 Å². The molecule has 0 amide bonds. The SMILES string of the molecule is C=C(OC)/C(C)=C/C=N. The summed E-state index contributed by atoms with van der Waals surface area (Å²) in [5.41, 5.74) is 0.882. The maximum absolute atomic E-state index is 6.70. The minimum Gasteiger partial charge on any atom is -0.497 e. The zero-order chi connectivity index (χ0) is 7.28. The standard InChI is InChI=1S/C7H11NO/c1-6(4-5-8)7(2)9-3/h4-5,8H,2H2,1,3H3/b6-4+,8-5?. The molecule has 0 aliphatic rings. The Balaban J connectivity index is 4.01. The number of nitrogens with one attached hydrogen (secondary N) is 1. The van der Waals surface area contributed by atoms with Crippen LogP contribution in [0.25, 0.3) is 0 Å². The molecule has 0 aromatic rings. The maximum atomic E-state index is 6.70. The van der Waals surface area contributed by atoms with E-state index in [4.69, 9.17) is 10.1 Å². The molecule has 0 unspecified atom stereocenters. The summed E-state index contributed by atoms with van der Waals surface area (Å²) in [5.74, 6) is 0.610. The predicted molar refractivity (Wildman–Crippen MR) is 38.7 cm³/mol. The van der Waals surface area contributed by atoms with E-state index < -0.39 is 0 Å². The van der Waals surface area contributed by atoms with Crippen LogP contribution in [0.15, 0.2) is 24.0 Å². The molecule has 50 valence electrons. The highest BCUT2D eigenvalue weighted by atomic mass is 16.5. The fourth-order valence-corrected chi connectivity index (χ4v) is 0.379. The summed E-state index contributed by atoms with van der Waals surface area (Å²) < 4.78 is 4.80. The molecule has 0 radical (unpaired) electrons. The van der Waals surface area contributed by atoms with Gasteiger partial charge in [0.2, 0.25) is 0 Å². The first-order valence-corrected chi connectivity index (χ1v) is 2.63. The first-order valence-electron chi connectivity index (χ1n) is 2.63. The molecule has 0 saturated heterocycles. The molecule has 0 fully saturated rings. The number of allylic oxidation sites excluding steroid dienone is 2. The Hall–Kier alpha value is -1.05. The summed E-state index contributed by atoms with van der Waals surface area (Å²) in [5, 5.41) is 6.70. The fourth-order valence-electron chi connectivity index (χ4n) is 0.379. The molecule has 0 atom stereocenters. The highest BCUT2D eigenvalue weighted by Crippen LogP contribution is 2.04. The highest BCUT2D eigenvalue weighted by molar-refractivity contribution is 5.69. The van der Waals surface area contributed by atoms with Crippen molar-refractivity contribution in [2.24, 2.45) is 0 Å². The van der Waals surface area contributed by atoms with Gasteiger partial charge in [0, 0.05) is 6.21 Å². The van der Waals surface area contributed by atoms with Crippen LogP contribution in [0.4, 0.5) is 0 Å². The molecule has 2 nitrogen and oxygen atoms in total. The summed E-state index contributed by atoms with van der Waals surface area (Å²) in [6, 6.07) is 0. The Morgan fingerprint density at radius 2 is 2.22 bits per heavy atom. The predicted octanol–water partition coefficient (Wildman–Crippen LogP) is 1.74. The Labute approximate surface area is 55.3 Å². The lowest BCUT2D eigenvalue weighted by molar-refractivity contribution is 0.303. The summed E-state index contributed by atoms with van der Waals surface area (Å²) in [4.78, 5) is 0. The van der Waals surface area contributed by atoms with Gasteiger partial charge in [-0.05, 0) is 18.6 Å². The van der Waals surface area contributed by atoms with E-state index in [-0.39, 0.29) is 0 Å². The van der Waals surface area contributed by atoms with E-state index in [1.807, 2.05) is 6.92 Å².